The minimum Gasteiger partial charge on any atom is -0.508 e. The Morgan fingerprint density at radius 3 is 2.52 bits per heavy atom. The number of urea groups is 1. The molecule has 2 aromatic rings. The highest BCUT2D eigenvalue weighted by Crippen LogP contribution is 2.29. The molecule has 29 heavy (non-hydrogen) atoms. The third kappa shape index (κ3) is 4.73. The van der Waals surface area contributed by atoms with Crippen LogP contribution in [-0.4, -0.2) is 41.7 Å². The van der Waals surface area contributed by atoms with Crippen LogP contribution in [0, 0.1) is 5.92 Å². The zero-order valence-electron chi connectivity index (χ0n) is 17.3. The van der Waals surface area contributed by atoms with Gasteiger partial charge in [0.15, 0.2) is 0 Å². The summed E-state index contributed by atoms with van der Waals surface area (Å²) in [7, 11) is 2.07. The molecule has 2 aromatic carbocycles. The van der Waals surface area contributed by atoms with Gasteiger partial charge in [-0.2, -0.15) is 0 Å². The molecule has 2 unspecified atom stereocenters. The van der Waals surface area contributed by atoms with Gasteiger partial charge in [0.2, 0.25) is 0 Å². The number of hydrogen-bond acceptors (Lipinski definition) is 3. The smallest absolute Gasteiger partial charge is 0.315 e. The van der Waals surface area contributed by atoms with Crippen LogP contribution in [0.5, 0.6) is 5.75 Å². The van der Waals surface area contributed by atoms with Gasteiger partial charge in [0.25, 0.3) is 0 Å². The maximum absolute atomic E-state index is 12.4. The molecule has 2 aliphatic rings. The minimum atomic E-state index is -0.0853. The van der Waals surface area contributed by atoms with Crippen molar-refractivity contribution in [1.82, 2.24) is 15.5 Å². The van der Waals surface area contributed by atoms with E-state index in [0.29, 0.717) is 18.2 Å². The van der Waals surface area contributed by atoms with Crippen molar-refractivity contribution < 1.29 is 9.90 Å². The fourth-order valence-corrected chi connectivity index (χ4v) is 4.86. The topological polar surface area (TPSA) is 64.6 Å². The Labute approximate surface area is 173 Å². The normalized spacial score (nSPS) is 20.0. The molecule has 0 saturated heterocycles. The lowest BCUT2D eigenvalue weighted by Gasteiger charge is -2.34. The van der Waals surface area contributed by atoms with E-state index in [1.165, 1.54) is 22.3 Å². The maximum atomic E-state index is 12.4. The average molecular weight is 394 g/mol. The molecule has 2 amide bonds. The molecular formula is C24H31N3O2. The number of phenolic OH excluding ortho intramolecular Hbond substituents is 1. The molecule has 1 aliphatic carbocycles. The number of benzene rings is 2. The lowest BCUT2D eigenvalue weighted by molar-refractivity contribution is 0.202. The highest BCUT2D eigenvalue weighted by Gasteiger charge is 2.25. The van der Waals surface area contributed by atoms with Gasteiger partial charge in [-0.15, -0.1) is 0 Å². The molecule has 0 fully saturated rings. The molecule has 5 nitrogen and oxygen atoms in total. The van der Waals surface area contributed by atoms with E-state index in [9.17, 15) is 9.90 Å². The second-order valence-electron chi connectivity index (χ2n) is 8.76. The van der Waals surface area contributed by atoms with Crippen LogP contribution in [0.4, 0.5) is 4.79 Å². The van der Waals surface area contributed by atoms with Crippen molar-refractivity contribution in [1.29, 1.82) is 0 Å². The van der Waals surface area contributed by atoms with Crippen molar-refractivity contribution in [3.05, 3.63) is 64.7 Å². The number of phenols is 1. The zero-order valence-corrected chi connectivity index (χ0v) is 17.3. The largest absolute Gasteiger partial charge is 0.508 e. The van der Waals surface area contributed by atoms with Crippen LogP contribution in [0.2, 0.25) is 0 Å². The number of fused-ring (bicyclic) bond motifs is 2. The van der Waals surface area contributed by atoms with E-state index in [1.54, 1.807) is 6.07 Å². The molecular weight excluding hydrogens is 362 g/mol. The van der Waals surface area contributed by atoms with E-state index in [-0.39, 0.29) is 18.1 Å². The molecule has 0 saturated carbocycles. The number of rotatable bonds is 5. The second-order valence-corrected chi connectivity index (χ2v) is 8.76. The van der Waals surface area contributed by atoms with Gasteiger partial charge >= 0.3 is 6.03 Å². The Hall–Kier alpha value is -2.53. The quantitative estimate of drug-likeness (QED) is 0.731. The predicted molar refractivity (Wildman–Crippen MR) is 115 cm³/mol. The van der Waals surface area contributed by atoms with Crippen LogP contribution in [0.1, 0.15) is 35.6 Å². The summed E-state index contributed by atoms with van der Waals surface area (Å²) in [6.45, 7) is 3.50. The maximum Gasteiger partial charge on any atom is 0.315 e. The molecule has 3 N–H and O–H groups in total. The van der Waals surface area contributed by atoms with Crippen LogP contribution in [0.3, 0.4) is 0 Å². The minimum absolute atomic E-state index is 0.0853. The first kappa shape index (κ1) is 19.8. The molecule has 1 aliphatic heterocycles. The number of aromatic hydroxyl groups is 1. The lowest BCUT2D eigenvalue weighted by Crippen LogP contribution is -2.49. The standard InChI is InChI=1S/C24H31N3O2/c1-16(9-17-10-18-5-3-4-6-19(18)11-17)26-24(29)25-14-22-12-20-7-8-23(28)13-21(20)15-27(22)2/h3-8,13,16-17,22,28H,9-12,14-15H2,1-2H3,(H2,25,26,29). The van der Waals surface area contributed by atoms with Gasteiger partial charge in [-0.25, -0.2) is 4.79 Å². The van der Waals surface area contributed by atoms with Crippen molar-refractivity contribution >= 4 is 6.03 Å². The number of likely N-dealkylation sites (N-methyl/N-ethyl adjacent to an activating group) is 1. The number of hydrogen-bond donors (Lipinski definition) is 3. The Bertz CT molecular complexity index is 857. The number of amides is 2. The van der Waals surface area contributed by atoms with Gasteiger partial charge in [0.05, 0.1) is 0 Å². The third-order valence-corrected chi connectivity index (χ3v) is 6.39. The molecule has 154 valence electrons. The van der Waals surface area contributed by atoms with E-state index in [1.807, 2.05) is 12.1 Å². The summed E-state index contributed by atoms with van der Waals surface area (Å²) < 4.78 is 0. The first-order valence-electron chi connectivity index (χ1n) is 10.6. The molecule has 0 spiro atoms. The van der Waals surface area contributed by atoms with Gasteiger partial charge in [0.1, 0.15) is 5.75 Å². The molecule has 1 heterocycles. The summed E-state index contributed by atoms with van der Waals surface area (Å²) in [5.74, 6) is 0.924. The number of carbonyl (C=O) groups is 1. The summed E-state index contributed by atoms with van der Waals surface area (Å²) in [5, 5.41) is 15.8. The van der Waals surface area contributed by atoms with Crippen molar-refractivity contribution in [2.75, 3.05) is 13.6 Å². The fraction of sp³-hybridized carbons (Fsp3) is 0.458. The number of nitrogens with one attached hydrogen (secondary N) is 2. The summed E-state index contributed by atoms with van der Waals surface area (Å²) >= 11 is 0. The SMILES string of the molecule is CC(CC1Cc2ccccc2C1)NC(=O)NCC1Cc2ccc(O)cc2CN1C. The second kappa shape index (κ2) is 8.46. The number of nitrogens with zero attached hydrogens (tertiary/aromatic N) is 1. The molecule has 2 atom stereocenters. The molecule has 0 radical (unpaired) electrons. The Morgan fingerprint density at radius 1 is 1.10 bits per heavy atom. The third-order valence-electron chi connectivity index (χ3n) is 6.39. The Kier molecular flexibility index (Phi) is 5.76. The number of carbonyl (C=O) groups excluding carboxylic acids is 1. The summed E-state index contributed by atoms with van der Waals surface area (Å²) in [5.41, 5.74) is 5.34. The van der Waals surface area contributed by atoms with Crippen LogP contribution >= 0.6 is 0 Å². The predicted octanol–water partition coefficient (Wildman–Crippen LogP) is 3.24. The van der Waals surface area contributed by atoms with Crippen LogP contribution in [0.15, 0.2) is 42.5 Å². The molecule has 0 bridgehead atoms. The lowest BCUT2D eigenvalue weighted by atomic mass is 9.94. The monoisotopic (exact) mass is 393 g/mol. The van der Waals surface area contributed by atoms with Gasteiger partial charge in [0, 0.05) is 25.2 Å². The molecule has 4 rings (SSSR count). The molecule has 5 heteroatoms. The van der Waals surface area contributed by atoms with Gasteiger partial charge in [-0.3, -0.25) is 4.90 Å². The van der Waals surface area contributed by atoms with E-state index >= 15 is 0 Å². The first-order valence-corrected chi connectivity index (χ1v) is 10.6. The van der Waals surface area contributed by atoms with Crippen molar-refractivity contribution in [2.24, 2.45) is 5.92 Å². The average Bonchev–Trinajstić information content (AvgIpc) is 3.08. The van der Waals surface area contributed by atoms with Crippen LogP contribution < -0.4 is 10.6 Å². The van der Waals surface area contributed by atoms with Crippen molar-refractivity contribution in [2.45, 2.75) is 51.2 Å². The van der Waals surface area contributed by atoms with Gasteiger partial charge in [-0.05, 0) is 80.0 Å². The first-order chi connectivity index (χ1) is 14.0. The summed E-state index contributed by atoms with van der Waals surface area (Å²) in [4.78, 5) is 14.6. The highest BCUT2D eigenvalue weighted by molar-refractivity contribution is 5.74. The highest BCUT2D eigenvalue weighted by atomic mass is 16.3. The van der Waals surface area contributed by atoms with Crippen molar-refractivity contribution in [3.63, 3.8) is 0 Å². The van der Waals surface area contributed by atoms with E-state index in [2.05, 4.69) is 53.8 Å². The van der Waals surface area contributed by atoms with Gasteiger partial charge in [-0.1, -0.05) is 30.3 Å². The van der Waals surface area contributed by atoms with E-state index < -0.39 is 0 Å². The van der Waals surface area contributed by atoms with E-state index in [4.69, 9.17) is 0 Å². The zero-order chi connectivity index (χ0) is 20.4. The summed E-state index contributed by atoms with van der Waals surface area (Å²) in [6.07, 6.45) is 4.11. The van der Waals surface area contributed by atoms with Crippen LogP contribution in [-0.2, 0) is 25.8 Å². The van der Waals surface area contributed by atoms with Crippen LogP contribution in [0.25, 0.3) is 0 Å². The Balaban J connectivity index is 1.22. The fourth-order valence-electron chi connectivity index (χ4n) is 4.86. The molecule has 0 aromatic heterocycles. The summed E-state index contributed by atoms with van der Waals surface area (Å²) in [6, 6.07) is 14.6. The Morgan fingerprint density at radius 2 is 1.79 bits per heavy atom. The van der Waals surface area contributed by atoms with Crippen molar-refractivity contribution in [3.8, 4) is 5.75 Å². The van der Waals surface area contributed by atoms with Gasteiger partial charge < -0.3 is 15.7 Å². The van der Waals surface area contributed by atoms with E-state index in [0.717, 1.165) is 32.2 Å².